The molecule has 1 saturated carbocycles. The van der Waals surface area contributed by atoms with Crippen molar-refractivity contribution in [2.45, 2.75) is 30.4 Å². The van der Waals surface area contributed by atoms with Gasteiger partial charge in [0.05, 0.1) is 0 Å². The van der Waals surface area contributed by atoms with Crippen molar-refractivity contribution in [2.24, 2.45) is 4.36 Å². The van der Waals surface area contributed by atoms with Crippen LogP contribution in [0.4, 0.5) is 0 Å². The maximum Gasteiger partial charge on any atom is 0.212 e. The zero-order valence-electron chi connectivity index (χ0n) is 9.64. The molecule has 0 N–H and O–H groups in total. The Morgan fingerprint density at radius 2 is 2.35 bits per heavy atom. The zero-order valence-corrected chi connectivity index (χ0v) is 11.2. The molecule has 0 bridgehead atoms. The van der Waals surface area contributed by atoms with Gasteiger partial charge >= 0.3 is 0 Å². The summed E-state index contributed by atoms with van der Waals surface area (Å²) in [6.07, 6.45) is 9.25. The van der Waals surface area contributed by atoms with Crippen LogP contribution in [-0.4, -0.2) is 16.5 Å². The lowest BCUT2D eigenvalue weighted by molar-refractivity contribution is 0.720. The van der Waals surface area contributed by atoms with Gasteiger partial charge in [-0.2, -0.15) is 9.62 Å². The molecule has 17 heavy (non-hydrogen) atoms. The quantitative estimate of drug-likeness (QED) is 0.610. The van der Waals surface area contributed by atoms with Crippen molar-refractivity contribution in [3.63, 3.8) is 0 Å². The van der Waals surface area contributed by atoms with Crippen molar-refractivity contribution in [3.05, 3.63) is 29.0 Å². The van der Waals surface area contributed by atoms with Gasteiger partial charge in [0.2, 0.25) is 6.19 Å². The number of pyridine rings is 1. The highest BCUT2D eigenvalue weighted by Crippen LogP contribution is 2.36. The van der Waals surface area contributed by atoms with Gasteiger partial charge in [-0.15, -0.1) is 0 Å². The molecule has 2 rings (SSSR count). The van der Waals surface area contributed by atoms with E-state index < -0.39 is 0 Å². The molecule has 1 aliphatic carbocycles. The van der Waals surface area contributed by atoms with Gasteiger partial charge in [0.25, 0.3) is 0 Å². The maximum absolute atomic E-state index is 8.58. The Morgan fingerprint density at radius 1 is 1.53 bits per heavy atom. The molecule has 0 amide bonds. The maximum atomic E-state index is 8.58. The lowest BCUT2D eigenvalue weighted by Gasteiger charge is -2.11. The van der Waals surface area contributed by atoms with E-state index in [-0.39, 0.29) is 10.7 Å². The van der Waals surface area contributed by atoms with Gasteiger partial charge < -0.3 is 0 Å². The lowest BCUT2D eigenvalue weighted by Crippen LogP contribution is -2.08. The first-order valence-electron chi connectivity index (χ1n) is 5.57. The van der Waals surface area contributed by atoms with Crippen LogP contribution in [0.3, 0.4) is 0 Å². The van der Waals surface area contributed by atoms with Crippen LogP contribution in [0, 0.1) is 11.5 Å². The molecule has 3 atom stereocenters. The third-order valence-electron chi connectivity index (χ3n) is 3.27. The topological polar surface area (TPSA) is 49.0 Å². The van der Waals surface area contributed by atoms with Crippen molar-refractivity contribution in [1.82, 2.24) is 4.98 Å². The van der Waals surface area contributed by atoms with E-state index in [4.69, 9.17) is 16.9 Å². The molecule has 0 aliphatic heterocycles. The van der Waals surface area contributed by atoms with Crippen LogP contribution in [0.2, 0.25) is 5.15 Å². The minimum atomic E-state index is -0.127. The highest BCUT2D eigenvalue weighted by atomic mass is 35.5. The van der Waals surface area contributed by atoms with Crippen molar-refractivity contribution in [3.8, 4) is 6.19 Å². The van der Waals surface area contributed by atoms with E-state index in [0.717, 1.165) is 19.3 Å². The third kappa shape index (κ3) is 3.05. The number of nitriles is 1. The predicted octanol–water partition coefficient (Wildman–Crippen LogP) is 3.28. The van der Waals surface area contributed by atoms with Crippen LogP contribution in [-0.2, 0) is 10.7 Å². The third-order valence-corrected chi connectivity index (χ3v) is 5.26. The van der Waals surface area contributed by atoms with Gasteiger partial charge in [-0.3, -0.25) is 0 Å². The highest BCUT2D eigenvalue weighted by molar-refractivity contribution is 7.87. The van der Waals surface area contributed by atoms with Gasteiger partial charge in [0.15, 0.2) is 0 Å². The largest absolute Gasteiger partial charge is 0.244 e. The fraction of sp³-hybridized carbons (Fsp3) is 0.500. The Labute approximate surface area is 109 Å². The van der Waals surface area contributed by atoms with Crippen LogP contribution in [0.25, 0.3) is 0 Å². The van der Waals surface area contributed by atoms with Crippen LogP contribution < -0.4 is 0 Å². The summed E-state index contributed by atoms with van der Waals surface area (Å²) >= 11 is 5.78. The van der Waals surface area contributed by atoms with Gasteiger partial charge in [0.1, 0.15) is 5.15 Å². The second-order valence-electron chi connectivity index (χ2n) is 4.26. The van der Waals surface area contributed by atoms with E-state index in [1.54, 1.807) is 0 Å². The fourth-order valence-corrected chi connectivity index (χ4v) is 3.70. The zero-order chi connectivity index (χ0) is 12.3. The summed E-state index contributed by atoms with van der Waals surface area (Å²) in [5.41, 5.74) is 1.26. The minimum Gasteiger partial charge on any atom is -0.244 e. The molecular formula is C12H14ClN3S. The molecule has 1 unspecified atom stereocenters. The molecule has 0 spiro atoms. The number of hydrogen-bond acceptors (Lipinski definition) is 3. The Kier molecular flexibility index (Phi) is 4.14. The molecule has 1 aromatic heterocycles. The monoisotopic (exact) mass is 267 g/mol. The van der Waals surface area contributed by atoms with E-state index in [1.807, 2.05) is 18.5 Å². The summed E-state index contributed by atoms with van der Waals surface area (Å²) in [4.78, 5) is 4.12. The number of aromatic nitrogens is 1. The lowest BCUT2D eigenvalue weighted by atomic mass is 10.00. The standard InChI is InChI=1S/C12H14ClN3S/c1-17(16-8-14)11-4-2-9(6-11)10-3-5-12(13)15-7-10/h3,5,7,9,11H,2,4,6H2,1H3/t9-,11-,17?/m1/s1. The smallest absolute Gasteiger partial charge is 0.212 e. The van der Waals surface area contributed by atoms with E-state index in [1.165, 1.54) is 5.56 Å². The second-order valence-corrected chi connectivity index (χ2v) is 6.55. The summed E-state index contributed by atoms with van der Waals surface area (Å²) in [5, 5.41) is 9.67. The molecule has 0 radical (unpaired) electrons. The predicted molar refractivity (Wildman–Crippen MR) is 71.0 cm³/mol. The van der Waals surface area contributed by atoms with Crippen molar-refractivity contribution >= 4 is 22.3 Å². The average molecular weight is 268 g/mol. The van der Waals surface area contributed by atoms with Crippen LogP contribution in [0.5, 0.6) is 0 Å². The molecule has 1 fully saturated rings. The molecule has 3 nitrogen and oxygen atoms in total. The fourth-order valence-electron chi connectivity index (χ4n) is 2.32. The van der Waals surface area contributed by atoms with Gasteiger partial charge in [0, 0.05) is 11.4 Å². The van der Waals surface area contributed by atoms with Crippen molar-refractivity contribution in [1.29, 1.82) is 5.26 Å². The first-order chi connectivity index (χ1) is 8.20. The number of hydrogen-bond donors (Lipinski definition) is 0. The van der Waals surface area contributed by atoms with Crippen LogP contribution in [0.15, 0.2) is 22.7 Å². The van der Waals surface area contributed by atoms with E-state index >= 15 is 0 Å². The summed E-state index contributed by atoms with van der Waals surface area (Å²) in [7, 11) is -0.127. The average Bonchev–Trinajstić information content (AvgIpc) is 2.80. The van der Waals surface area contributed by atoms with Crippen molar-refractivity contribution < 1.29 is 0 Å². The summed E-state index contributed by atoms with van der Waals surface area (Å²) in [6, 6.07) is 3.90. The highest BCUT2D eigenvalue weighted by Gasteiger charge is 2.27. The molecule has 90 valence electrons. The number of nitrogens with zero attached hydrogens (tertiary/aromatic N) is 3. The van der Waals surface area contributed by atoms with Crippen LogP contribution in [0.1, 0.15) is 30.7 Å². The van der Waals surface area contributed by atoms with Gasteiger partial charge in [-0.05, 0) is 43.1 Å². The number of rotatable bonds is 2. The Morgan fingerprint density at radius 3 is 3.00 bits per heavy atom. The van der Waals surface area contributed by atoms with Gasteiger partial charge in [-0.1, -0.05) is 28.4 Å². The Balaban J connectivity index is 2.06. The van der Waals surface area contributed by atoms with E-state index in [9.17, 15) is 0 Å². The van der Waals surface area contributed by atoms with Crippen LogP contribution >= 0.6 is 11.6 Å². The molecule has 1 aromatic rings. The molecule has 1 aliphatic rings. The normalized spacial score (nSPS) is 25.7. The van der Waals surface area contributed by atoms with Gasteiger partial charge in [-0.25, -0.2) is 4.98 Å². The Bertz CT molecular complexity index is 464. The second kappa shape index (κ2) is 5.61. The molecular weight excluding hydrogens is 254 g/mol. The molecule has 1 heterocycles. The SMILES string of the molecule is CS(=NC#N)[C@@H]1CC[C@@H](c2ccc(Cl)nc2)C1. The number of halogens is 1. The molecule has 5 heteroatoms. The molecule has 0 saturated heterocycles. The van der Waals surface area contributed by atoms with E-state index in [2.05, 4.69) is 21.7 Å². The summed E-state index contributed by atoms with van der Waals surface area (Å²) in [5.74, 6) is 0.550. The van der Waals surface area contributed by atoms with E-state index in [0.29, 0.717) is 16.3 Å². The molecule has 0 aromatic carbocycles. The first-order valence-corrected chi connectivity index (χ1v) is 7.60. The summed E-state index contributed by atoms with van der Waals surface area (Å²) in [6.45, 7) is 0. The van der Waals surface area contributed by atoms with Crippen molar-refractivity contribution in [2.75, 3.05) is 6.26 Å². The minimum absolute atomic E-state index is 0.127. The first kappa shape index (κ1) is 12.5. The summed E-state index contributed by atoms with van der Waals surface area (Å²) < 4.78 is 3.95. The Hall–Kier alpha value is -0.920.